The van der Waals surface area contributed by atoms with E-state index in [9.17, 15) is 19.1 Å². The summed E-state index contributed by atoms with van der Waals surface area (Å²) in [6.07, 6.45) is 2.42. The Labute approximate surface area is 259 Å². The van der Waals surface area contributed by atoms with Gasteiger partial charge in [0.1, 0.15) is 12.4 Å². The van der Waals surface area contributed by atoms with Crippen LogP contribution in [0, 0.1) is 5.82 Å². The van der Waals surface area contributed by atoms with Gasteiger partial charge in [-0.1, -0.05) is 36.4 Å². The smallest absolute Gasteiger partial charge is 0.337 e. The number of aliphatic hydroxyl groups is 1. The van der Waals surface area contributed by atoms with Crippen molar-refractivity contribution in [2.45, 2.75) is 32.7 Å². The van der Waals surface area contributed by atoms with Crippen LogP contribution in [0.3, 0.4) is 0 Å². The van der Waals surface area contributed by atoms with E-state index in [2.05, 4.69) is 25.7 Å². The van der Waals surface area contributed by atoms with Crippen LogP contribution in [0.1, 0.15) is 36.6 Å². The quantitative estimate of drug-likeness (QED) is 0.0806. The third-order valence-corrected chi connectivity index (χ3v) is 7.18. The van der Waals surface area contributed by atoms with Crippen molar-refractivity contribution in [3.05, 3.63) is 107 Å². The summed E-state index contributed by atoms with van der Waals surface area (Å²) in [5.41, 5.74) is 6.71. The number of hydrogen-bond acceptors (Lipinski definition) is 8. The molecule has 2 heterocycles. The van der Waals surface area contributed by atoms with Gasteiger partial charge in [-0.3, -0.25) is 5.43 Å². The van der Waals surface area contributed by atoms with Gasteiger partial charge < -0.3 is 34.5 Å². The largest absolute Gasteiger partial charge is 0.490 e. The normalized spacial score (nSPS) is 15.5. The van der Waals surface area contributed by atoms with E-state index in [1.165, 1.54) is 19.2 Å². The minimum Gasteiger partial charge on any atom is -0.490 e. The topological polar surface area (TPSA) is 135 Å². The molecule has 234 valence electrons. The van der Waals surface area contributed by atoms with Gasteiger partial charge in [0, 0.05) is 34.9 Å². The van der Waals surface area contributed by atoms with E-state index >= 15 is 0 Å². The Morgan fingerprint density at radius 2 is 1.91 bits per heavy atom. The number of para-hydroxylation sites is 1. The standard InChI is InChI=1S/C33H34FN5O6/c1-4-44-28-15-22(31-30(32(41)43-3)20(2)36-33(42)37-31)11-14-27(28)45-19-29(40)38-35-16-23-18-39(26-8-6-5-7-25(23)26)17-21-9-12-24(34)13-10-21/h5-16,18,29,31,38,40H,4,17,19H2,1-3H3,(H2,36,37,42)/b35-16-/t29-,31-/m1/s1. The number of ether oxygens (including phenoxy) is 3. The summed E-state index contributed by atoms with van der Waals surface area (Å²) in [4.78, 5) is 24.6. The zero-order valence-electron chi connectivity index (χ0n) is 25.0. The number of carbonyl (C=O) groups excluding carboxylic acids is 2. The first-order valence-electron chi connectivity index (χ1n) is 14.3. The number of carbonyl (C=O) groups is 2. The third-order valence-electron chi connectivity index (χ3n) is 7.18. The molecule has 5 rings (SSSR count). The minimum absolute atomic E-state index is 0.153. The highest BCUT2D eigenvalue weighted by Crippen LogP contribution is 2.35. The van der Waals surface area contributed by atoms with Crippen molar-refractivity contribution in [3.63, 3.8) is 0 Å². The van der Waals surface area contributed by atoms with Crippen LogP contribution < -0.4 is 25.5 Å². The van der Waals surface area contributed by atoms with E-state index in [1.807, 2.05) is 37.4 Å². The molecular formula is C33H34FN5O6. The number of halogens is 1. The molecule has 45 heavy (non-hydrogen) atoms. The van der Waals surface area contributed by atoms with Crippen molar-refractivity contribution in [1.82, 2.24) is 20.6 Å². The number of nitrogens with zero attached hydrogens (tertiary/aromatic N) is 2. The first-order chi connectivity index (χ1) is 21.8. The number of hydrazone groups is 1. The first-order valence-corrected chi connectivity index (χ1v) is 14.3. The molecule has 2 amide bonds. The Morgan fingerprint density at radius 1 is 1.13 bits per heavy atom. The summed E-state index contributed by atoms with van der Waals surface area (Å²) < 4.78 is 31.9. The number of fused-ring (bicyclic) bond motifs is 1. The molecule has 4 N–H and O–H groups in total. The molecular weight excluding hydrogens is 581 g/mol. The Balaban J connectivity index is 1.25. The van der Waals surface area contributed by atoms with Crippen LogP contribution in [0.5, 0.6) is 11.5 Å². The highest BCUT2D eigenvalue weighted by molar-refractivity contribution is 5.99. The molecule has 12 heteroatoms. The number of amides is 2. The van der Waals surface area contributed by atoms with Gasteiger partial charge in [0.15, 0.2) is 17.7 Å². The number of allylic oxidation sites excluding steroid dienone is 1. The van der Waals surface area contributed by atoms with Crippen LogP contribution in [-0.4, -0.2) is 54.4 Å². The van der Waals surface area contributed by atoms with Gasteiger partial charge in [0.25, 0.3) is 0 Å². The lowest BCUT2D eigenvalue weighted by Gasteiger charge is -2.28. The lowest BCUT2D eigenvalue weighted by atomic mass is 9.95. The van der Waals surface area contributed by atoms with Crippen LogP contribution in [0.2, 0.25) is 0 Å². The second-order valence-corrected chi connectivity index (χ2v) is 10.3. The van der Waals surface area contributed by atoms with E-state index in [0.717, 1.165) is 22.0 Å². The van der Waals surface area contributed by atoms with Crippen molar-refractivity contribution in [2.24, 2.45) is 5.10 Å². The summed E-state index contributed by atoms with van der Waals surface area (Å²) in [5.74, 6) is -0.128. The van der Waals surface area contributed by atoms with Crippen molar-refractivity contribution < 1.29 is 33.3 Å². The zero-order valence-corrected chi connectivity index (χ0v) is 25.0. The molecule has 0 radical (unpaired) electrons. The van der Waals surface area contributed by atoms with Crippen LogP contribution in [0.15, 0.2) is 89.3 Å². The summed E-state index contributed by atoms with van der Waals surface area (Å²) in [7, 11) is 1.27. The number of nitrogens with one attached hydrogen (secondary N) is 3. The lowest BCUT2D eigenvalue weighted by molar-refractivity contribution is -0.136. The number of aromatic nitrogens is 1. The van der Waals surface area contributed by atoms with Crippen LogP contribution in [0.4, 0.5) is 9.18 Å². The number of esters is 1. The number of hydrogen-bond donors (Lipinski definition) is 4. The lowest BCUT2D eigenvalue weighted by Crippen LogP contribution is -2.45. The van der Waals surface area contributed by atoms with Gasteiger partial charge in [0.05, 0.1) is 31.5 Å². The molecule has 0 saturated heterocycles. The van der Waals surface area contributed by atoms with E-state index < -0.39 is 24.3 Å². The Kier molecular flexibility index (Phi) is 9.64. The summed E-state index contributed by atoms with van der Waals surface area (Å²) in [6.45, 7) is 4.18. The van der Waals surface area contributed by atoms with Gasteiger partial charge in [-0.2, -0.15) is 5.10 Å². The molecule has 3 aromatic carbocycles. The number of rotatable bonds is 12. The van der Waals surface area contributed by atoms with Crippen LogP contribution >= 0.6 is 0 Å². The number of aliphatic hydroxyl groups excluding tert-OH is 1. The zero-order chi connectivity index (χ0) is 31.9. The van der Waals surface area contributed by atoms with E-state index in [-0.39, 0.29) is 18.0 Å². The Hall–Kier alpha value is -5.36. The molecule has 0 aliphatic carbocycles. The molecule has 0 saturated carbocycles. The van der Waals surface area contributed by atoms with E-state index in [1.54, 1.807) is 43.5 Å². The van der Waals surface area contributed by atoms with Crippen molar-refractivity contribution in [3.8, 4) is 11.5 Å². The second-order valence-electron chi connectivity index (χ2n) is 10.3. The molecule has 1 aliphatic heterocycles. The molecule has 11 nitrogen and oxygen atoms in total. The molecule has 1 aromatic heterocycles. The fourth-order valence-electron chi connectivity index (χ4n) is 5.11. The molecule has 4 aromatic rings. The van der Waals surface area contributed by atoms with Crippen molar-refractivity contribution in [1.29, 1.82) is 0 Å². The van der Waals surface area contributed by atoms with E-state index in [4.69, 9.17) is 14.2 Å². The SMILES string of the molecule is CCOc1cc([C@H]2NC(=O)NC(C)=C2C(=O)OC)ccc1OC[C@@H](O)N/N=C\c1cn(Cc2ccc(F)cc2)c2ccccc12. The summed E-state index contributed by atoms with van der Waals surface area (Å²) in [6, 6.07) is 18.1. The highest BCUT2D eigenvalue weighted by atomic mass is 19.1. The third kappa shape index (κ3) is 7.24. The fourth-order valence-corrected chi connectivity index (χ4v) is 5.11. The van der Waals surface area contributed by atoms with Crippen molar-refractivity contribution in [2.75, 3.05) is 20.3 Å². The second kappa shape index (κ2) is 14.0. The first kappa shape index (κ1) is 31.1. The molecule has 0 spiro atoms. The average Bonchev–Trinajstić information content (AvgIpc) is 3.37. The minimum atomic E-state index is -1.15. The van der Waals surface area contributed by atoms with Gasteiger partial charge >= 0.3 is 12.0 Å². The maximum Gasteiger partial charge on any atom is 0.337 e. The van der Waals surface area contributed by atoms with Gasteiger partial charge in [-0.05, 0) is 55.3 Å². The Bertz CT molecular complexity index is 1750. The van der Waals surface area contributed by atoms with Crippen molar-refractivity contribution >= 4 is 29.1 Å². The van der Waals surface area contributed by atoms with Crippen LogP contribution in [0.25, 0.3) is 10.9 Å². The fraction of sp³-hybridized carbons (Fsp3) is 0.242. The predicted octanol–water partition coefficient (Wildman–Crippen LogP) is 4.35. The summed E-state index contributed by atoms with van der Waals surface area (Å²) >= 11 is 0. The molecule has 2 atom stereocenters. The maximum absolute atomic E-state index is 13.4. The van der Waals surface area contributed by atoms with Gasteiger partial charge in [0.2, 0.25) is 0 Å². The number of methoxy groups -OCH3 is 1. The molecule has 0 bridgehead atoms. The number of urea groups is 1. The summed E-state index contributed by atoms with van der Waals surface area (Å²) in [5, 5.41) is 21.1. The predicted molar refractivity (Wildman–Crippen MR) is 166 cm³/mol. The maximum atomic E-state index is 13.4. The molecule has 1 aliphatic rings. The molecule has 0 unspecified atom stereocenters. The number of benzene rings is 3. The Morgan fingerprint density at radius 3 is 2.67 bits per heavy atom. The highest BCUT2D eigenvalue weighted by Gasteiger charge is 2.32. The monoisotopic (exact) mass is 615 g/mol. The average molecular weight is 616 g/mol. The van der Waals surface area contributed by atoms with Gasteiger partial charge in [-0.25, -0.2) is 14.0 Å². The van der Waals surface area contributed by atoms with Crippen LogP contribution in [-0.2, 0) is 16.1 Å². The van der Waals surface area contributed by atoms with Gasteiger partial charge in [-0.15, -0.1) is 0 Å². The molecule has 0 fully saturated rings. The van der Waals surface area contributed by atoms with E-state index in [0.29, 0.717) is 35.9 Å².